The summed E-state index contributed by atoms with van der Waals surface area (Å²) in [6, 6.07) is 4.62. The number of nitrogens with two attached hydrogens (primary N) is 1. The van der Waals surface area contributed by atoms with E-state index in [-0.39, 0.29) is 16.6 Å². The van der Waals surface area contributed by atoms with Crippen molar-refractivity contribution < 1.29 is 13.3 Å². The molecule has 0 aromatic heterocycles. The van der Waals surface area contributed by atoms with Crippen LogP contribution < -0.4 is 10.5 Å². The minimum atomic E-state index is -3.96. The van der Waals surface area contributed by atoms with E-state index in [1.807, 2.05) is 0 Å². The van der Waals surface area contributed by atoms with Crippen LogP contribution in [0.3, 0.4) is 0 Å². The van der Waals surface area contributed by atoms with E-state index in [4.69, 9.17) is 5.14 Å². The first-order valence-corrected chi connectivity index (χ1v) is 9.21. The summed E-state index contributed by atoms with van der Waals surface area (Å²) in [4.78, 5) is 12.8. The van der Waals surface area contributed by atoms with Crippen molar-refractivity contribution in [1.82, 2.24) is 4.90 Å². The maximum Gasteiger partial charge on any atom is 0.293 e. The van der Waals surface area contributed by atoms with Gasteiger partial charge in [-0.1, -0.05) is 0 Å². The van der Waals surface area contributed by atoms with Gasteiger partial charge in [0.25, 0.3) is 5.69 Å². The van der Waals surface area contributed by atoms with Gasteiger partial charge in [0.2, 0.25) is 10.0 Å². The molecule has 0 bridgehead atoms. The molecular formula is C14H20N4O4S. The zero-order valence-corrected chi connectivity index (χ0v) is 13.5. The first-order valence-electron chi connectivity index (χ1n) is 7.66. The number of likely N-dealkylation sites (tertiary alicyclic amines) is 1. The van der Waals surface area contributed by atoms with Crippen molar-refractivity contribution in [3.05, 3.63) is 28.3 Å². The van der Waals surface area contributed by atoms with E-state index in [0.717, 1.165) is 38.0 Å². The summed E-state index contributed by atoms with van der Waals surface area (Å²) in [6.45, 7) is 1.98. The number of nitrogens with zero attached hydrogens (tertiary/aromatic N) is 2. The number of hydrogen-bond donors (Lipinski definition) is 2. The lowest BCUT2D eigenvalue weighted by molar-refractivity contribution is -0.384. The van der Waals surface area contributed by atoms with Gasteiger partial charge in [-0.3, -0.25) is 10.1 Å². The normalized spacial score (nSPS) is 20.4. The standard InChI is InChI=1S/C14H20N4O4S/c15-23(21,22)12-3-4-13(14(9-12)18(19)20)16-10-5-7-17(8-6-10)11-1-2-11/h3-4,9-11,16H,1-2,5-8H2,(H2,15,21,22). The Hall–Kier alpha value is -1.71. The highest BCUT2D eigenvalue weighted by molar-refractivity contribution is 7.89. The van der Waals surface area contributed by atoms with E-state index < -0.39 is 14.9 Å². The van der Waals surface area contributed by atoms with Gasteiger partial charge in [0.1, 0.15) is 5.69 Å². The highest BCUT2D eigenvalue weighted by Gasteiger charge is 2.32. The summed E-state index contributed by atoms with van der Waals surface area (Å²) in [5.41, 5.74) is 0.0772. The van der Waals surface area contributed by atoms with E-state index in [1.165, 1.54) is 25.0 Å². The highest BCUT2D eigenvalue weighted by atomic mass is 32.2. The number of piperidine rings is 1. The third-order valence-electron chi connectivity index (χ3n) is 4.45. The van der Waals surface area contributed by atoms with Gasteiger partial charge < -0.3 is 10.2 Å². The van der Waals surface area contributed by atoms with E-state index in [2.05, 4.69) is 10.2 Å². The van der Waals surface area contributed by atoms with Crippen molar-refractivity contribution in [3.63, 3.8) is 0 Å². The molecule has 1 aromatic carbocycles. The maximum absolute atomic E-state index is 11.3. The number of nitro groups is 1. The van der Waals surface area contributed by atoms with Gasteiger partial charge in [-0.15, -0.1) is 0 Å². The molecule has 2 aliphatic rings. The molecule has 1 heterocycles. The second-order valence-electron chi connectivity index (χ2n) is 6.17. The third kappa shape index (κ3) is 3.80. The Kier molecular flexibility index (Phi) is 4.26. The molecule has 0 radical (unpaired) electrons. The average molecular weight is 340 g/mol. The first-order chi connectivity index (χ1) is 10.8. The summed E-state index contributed by atoms with van der Waals surface area (Å²) in [7, 11) is -3.96. The number of rotatable bonds is 5. The number of primary sulfonamides is 1. The molecular weight excluding hydrogens is 320 g/mol. The maximum atomic E-state index is 11.3. The van der Waals surface area contributed by atoms with Gasteiger partial charge in [-0.05, 0) is 37.8 Å². The quantitative estimate of drug-likeness (QED) is 0.616. The van der Waals surface area contributed by atoms with Gasteiger partial charge in [-0.25, -0.2) is 13.6 Å². The van der Waals surface area contributed by atoms with Gasteiger partial charge in [0.05, 0.1) is 9.82 Å². The Morgan fingerprint density at radius 1 is 1.22 bits per heavy atom. The first kappa shape index (κ1) is 16.2. The molecule has 0 unspecified atom stereocenters. The van der Waals surface area contributed by atoms with Crippen molar-refractivity contribution in [3.8, 4) is 0 Å². The van der Waals surface area contributed by atoms with Crippen LogP contribution in [0.25, 0.3) is 0 Å². The Balaban J connectivity index is 1.73. The SMILES string of the molecule is NS(=O)(=O)c1ccc(NC2CCN(C3CC3)CC2)c([N+](=O)[O-])c1. The number of hydrogen-bond acceptors (Lipinski definition) is 6. The van der Waals surface area contributed by atoms with Crippen molar-refractivity contribution in [2.24, 2.45) is 5.14 Å². The van der Waals surface area contributed by atoms with E-state index >= 15 is 0 Å². The van der Waals surface area contributed by atoms with E-state index in [1.54, 1.807) is 0 Å². The number of nitrogens with one attached hydrogen (secondary N) is 1. The molecule has 1 aliphatic carbocycles. The van der Waals surface area contributed by atoms with Gasteiger partial charge in [0.15, 0.2) is 0 Å². The van der Waals surface area contributed by atoms with Crippen LogP contribution in [0.1, 0.15) is 25.7 Å². The predicted molar refractivity (Wildman–Crippen MR) is 85.7 cm³/mol. The minimum absolute atomic E-state index is 0.157. The Morgan fingerprint density at radius 2 is 1.87 bits per heavy atom. The third-order valence-corrected chi connectivity index (χ3v) is 5.36. The molecule has 3 rings (SSSR count). The second-order valence-corrected chi connectivity index (χ2v) is 7.73. The zero-order valence-electron chi connectivity index (χ0n) is 12.6. The molecule has 1 saturated heterocycles. The number of nitro benzene ring substituents is 1. The Labute approximate surface area is 134 Å². The molecule has 23 heavy (non-hydrogen) atoms. The fraction of sp³-hybridized carbons (Fsp3) is 0.571. The second kappa shape index (κ2) is 6.06. The van der Waals surface area contributed by atoms with Crippen LogP contribution in [0, 0.1) is 10.1 Å². The zero-order chi connectivity index (χ0) is 16.6. The lowest BCUT2D eigenvalue weighted by atomic mass is 10.0. The summed E-state index contributed by atoms with van der Waals surface area (Å²) in [6.07, 6.45) is 4.40. The van der Waals surface area contributed by atoms with E-state index in [0.29, 0.717) is 5.69 Å². The van der Waals surface area contributed by atoms with Gasteiger partial charge in [-0.2, -0.15) is 0 Å². The Bertz CT molecular complexity index is 709. The minimum Gasteiger partial charge on any atom is -0.377 e. The monoisotopic (exact) mass is 340 g/mol. The lowest BCUT2D eigenvalue weighted by Gasteiger charge is -2.32. The molecule has 1 aromatic rings. The number of benzene rings is 1. The topological polar surface area (TPSA) is 119 Å². The number of sulfonamides is 1. The molecule has 0 spiro atoms. The molecule has 2 fully saturated rings. The van der Waals surface area contributed by atoms with Crippen LogP contribution >= 0.6 is 0 Å². The van der Waals surface area contributed by atoms with Crippen molar-refractivity contribution >= 4 is 21.4 Å². The van der Waals surface area contributed by atoms with Crippen LogP contribution in [0.2, 0.25) is 0 Å². The Morgan fingerprint density at radius 3 is 2.39 bits per heavy atom. The van der Waals surface area contributed by atoms with Crippen LogP contribution in [-0.4, -0.2) is 43.4 Å². The highest BCUT2D eigenvalue weighted by Crippen LogP contribution is 2.32. The van der Waals surface area contributed by atoms with Crippen molar-refractivity contribution in [2.45, 2.75) is 42.7 Å². The fourth-order valence-electron chi connectivity index (χ4n) is 3.03. The molecule has 3 N–H and O–H groups in total. The molecule has 0 amide bonds. The van der Waals surface area contributed by atoms with Crippen LogP contribution in [0.4, 0.5) is 11.4 Å². The fourth-order valence-corrected chi connectivity index (χ4v) is 3.56. The largest absolute Gasteiger partial charge is 0.377 e. The smallest absolute Gasteiger partial charge is 0.293 e. The predicted octanol–water partition coefficient (Wildman–Crippen LogP) is 1.28. The van der Waals surface area contributed by atoms with Crippen LogP contribution in [0.15, 0.2) is 23.1 Å². The molecule has 1 saturated carbocycles. The van der Waals surface area contributed by atoms with Crippen LogP contribution in [0.5, 0.6) is 0 Å². The summed E-state index contributed by atoms with van der Waals surface area (Å²) < 4.78 is 22.7. The summed E-state index contributed by atoms with van der Waals surface area (Å²) in [5, 5.41) is 19.4. The molecule has 1 aliphatic heterocycles. The summed E-state index contributed by atoms with van der Waals surface area (Å²) >= 11 is 0. The molecule has 126 valence electrons. The molecule has 8 nitrogen and oxygen atoms in total. The lowest BCUT2D eigenvalue weighted by Crippen LogP contribution is -2.40. The van der Waals surface area contributed by atoms with Gasteiger partial charge >= 0.3 is 0 Å². The van der Waals surface area contributed by atoms with Gasteiger partial charge in [0, 0.05) is 31.2 Å². The summed E-state index contributed by atoms with van der Waals surface area (Å²) in [5.74, 6) is 0. The van der Waals surface area contributed by atoms with E-state index in [9.17, 15) is 18.5 Å². The molecule has 9 heteroatoms. The molecule has 0 atom stereocenters. The number of anilines is 1. The van der Waals surface area contributed by atoms with Crippen LogP contribution in [-0.2, 0) is 10.0 Å². The van der Waals surface area contributed by atoms with Crippen molar-refractivity contribution in [1.29, 1.82) is 0 Å². The van der Waals surface area contributed by atoms with Crippen molar-refractivity contribution in [2.75, 3.05) is 18.4 Å². The average Bonchev–Trinajstić information content (AvgIpc) is 3.32.